The molecule has 1 heterocycles. The van der Waals surface area contributed by atoms with Crippen LogP contribution in [0.2, 0.25) is 0 Å². The minimum Gasteiger partial charge on any atom is -0.497 e. The number of amides is 1. The van der Waals surface area contributed by atoms with E-state index < -0.39 is 0 Å². The molecule has 1 aromatic carbocycles. The van der Waals surface area contributed by atoms with Crippen molar-refractivity contribution in [2.24, 2.45) is 10.4 Å². The number of fused-ring (bicyclic) bond motifs is 1. The molecule has 1 aromatic heterocycles. The van der Waals surface area contributed by atoms with Crippen LogP contribution in [0, 0.1) is 5.41 Å². The summed E-state index contributed by atoms with van der Waals surface area (Å²) in [5, 5.41) is 10.5. The first-order valence-corrected chi connectivity index (χ1v) is 10.8. The Hall–Kier alpha value is -2.90. The van der Waals surface area contributed by atoms with Crippen molar-refractivity contribution in [1.82, 2.24) is 20.9 Å². The summed E-state index contributed by atoms with van der Waals surface area (Å²) in [6.45, 7) is 10.4. The zero-order chi connectivity index (χ0) is 22.9. The fraction of sp³-hybridized carbons (Fsp3) is 0.565. The van der Waals surface area contributed by atoms with E-state index in [1.165, 1.54) is 0 Å². The number of carbonyl (C=O) groups excluding carboxylic acids is 1. The number of aryl methyl sites for hydroxylation is 1. The zero-order valence-corrected chi connectivity index (χ0v) is 19.6. The van der Waals surface area contributed by atoms with Crippen molar-refractivity contribution >= 4 is 22.8 Å². The molecule has 0 atom stereocenters. The Morgan fingerprint density at radius 2 is 1.81 bits per heavy atom. The maximum atomic E-state index is 11.9. The van der Waals surface area contributed by atoms with E-state index in [1.807, 2.05) is 39.8 Å². The molecule has 0 spiro atoms. The third-order valence-electron chi connectivity index (χ3n) is 4.79. The second kappa shape index (κ2) is 11.5. The Morgan fingerprint density at radius 3 is 2.45 bits per heavy atom. The van der Waals surface area contributed by atoms with E-state index in [4.69, 9.17) is 9.47 Å². The molecule has 1 amide bonds. The lowest BCUT2D eigenvalue weighted by molar-refractivity contribution is -0.128. The number of methoxy groups -OCH3 is 2. The molecule has 0 aliphatic carbocycles. The van der Waals surface area contributed by atoms with Crippen LogP contribution in [0.1, 0.15) is 39.8 Å². The number of aromatic nitrogens is 1. The van der Waals surface area contributed by atoms with Crippen LogP contribution < -0.4 is 25.4 Å². The highest BCUT2D eigenvalue weighted by molar-refractivity contribution is 5.88. The van der Waals surface area contributed by atoms with Crippen molar-refractivity contribution in [2.45, 2.75) is 40.5 Å². The Bertz CT molecular complexity index is 883. The van der Waals surface area contributed by atoms with Gasteiger partial charge in [0.15, 0.2) is 5.96 Å². The normalized spacial score (nSPS) is 12.0. The second-order valence-electron chi connectivity index (χ2n) is 8.38. The van der Waals surface area contributed by atoms with E-state index in [2.05, 4.69) is 32.0 Å². The highest BCUT2D eigenvalue weighted by Gasteiger charge is 2.20. The standard InChI is InChI=1S/C23H37N5O3/c1-7-24-22(27-12-11-25-21(29)23(2,3)4)26-10-8-9-16-13-18-19(28-16)14-17(30-5)15-20(18)31-6/h13-15,28H,7-12H2,1-6H3,(H,25,29)(H2,24,26,27). The summed E-state index contributed by atoms with van der Waals surface area (Å²) in [5.41, 5.74) is 1.76. The summed E-state index contributed by atoms with van der Waals surface area (Å²) in [4.78, 5) is 20.0. The van der Waals surface area contributed by atoms with E-state index >= 15 is 0 Å². The molecule has 0 bridgehead atoms. The number of rotatable bonds is 10. The van der Waals surface area contributed by atoms with Crippen LogP contribution in [0.3, 0.4) is 0 Å². The van der Waals surface area contributed by atoms with Crippen LogP contribution in [0.25, 0.3) is 10.9 Å². The Balaban J connectivity index is 1.85. The number of hydrogen-bond acceptors (Lipinski definition) is 4. The summed E-state index contributed by atoms with van der Waals surface area (Å²) >= 11 is 0. The predicted molar refractivity (Wildman–Crippen MR) is 126 cm³/mol. The molecule has 8 nitrogen and oxygen atoms in total. The minimum absolute atomic E-state index is 0.0452. The average molecular weight is 432 g/mol. The van der Waals surface area contributed by atoms with Gasteiger partial charge in [0.05, 0.1) is 19.7 Å². The fourth-order valence-electron chi connectivity index (χ4n) is 3.08. The molecule has 0 aliphatic rings. The van der Waals surface area contributed by atoms with Crippen molar-refractivity contribution in [3.63, 3.8) is 0 Å². The Morgan fingerprint density at radius 1 is 1.06 bits per heavy atom. The Labute approximate surface area is 185 Å². The number of carbonyl (C=O) groups is 1. The zero-order valence-electron chi connectivity index (χ0n) is 19.6. The molecule has 2 rings (SSSR count). The summed E-state index contributed by atoms with van der Waals surface area (Å²) in [6.07, 6.45) is 1.79. The van der Waals surface area contributed by atoms with Crippen molar-refractivity contribution < 1.29 is 14.3 Å². The lowest BCUT2D eigenvalue weighted by atomic mass is 9.96. The third kappa shape index (κ3) is 7.38. The summed E-state index contributed by atoms with van der Waals surface area (Å²) in [6, 6.07) is 5.99. The van der Waals surface area contributed by atoms with E-state index in [-0.39, 0.29) is 11.3 Å². The van der Waals surface area contributed by atoms with E-state index in [9.17, 15) is 4.79 Å². The smallest absolute Gasteiger partial charge is 0.225 e. The molecule has 31 heavy (non-hydrogen) atoms. The van der Waals surface area contributed by atoms with Crippen LogP contribution >= 0.6 is 0 Å². The topological polar surface area (TPSA) is 99.8 Å². The van der Waals surface area contributed by atoms with Crippen molar-refractivity contribution in [2.75, 3.05) is 40.4 Å². The van der Waals surface area contributed by atoms with Gasteiger partial charge >= 0.3 is 0 Å². The van der Waals surface area contributed by atoms with Crippen LogP contribution in [-0.4, -0.2) is 57.2 Å². The first-order valence-electron chi connectivity index (χ1n) is 10.8. The minimum atomic E-state index is -0.379. The molecule has 0 saturated heterocycles. The number of guanidine groups is 1. The quantitative estimate of drug-likeness (QED) is 0.263. The average Bonchev–Trinajstić information content (AvgIpc) is 3.15. The molecule has 0 saturated carbocycles. The van der Waals surface area contributed by atoms with Crippen LogP contribution in [-0.2, 0) is 11.2 Å². The van der Waals surface area contributed by atoms with Gasteiger partial charge in [-0.1, -0.05) is 20.8 Å². The number of ether oxygens (including phenoxy) is 2. The van der Waals surface area contributed by atoms with Gasteiger partial charge in [0.25, 0.3) is 0 Å². The number of nitrogens with zero attached hydrogens (tertiary/aromatic N) is 1. The fourth-order valence-corrected chi connectivity index (χ4v) is 3.08. The maximum Gasteiger partial charge on any atom is 0.225 e. The van der Waals surface area contributed by atoms with Gasteiger partial charge in [-0.05, 0) is 25.8 Å². The molecule has 8 heteroatoms. The number of aromatic amines is 1. The monoisotopic (exact) mass is 431 g/mol. The highest BCUT2D eigenvalue weighted by Crippen LogP contribution is 2.31. The largest absolute Gasteiger partial charge is 0.497 e. The van der Waals surface area contributed by atoms with Gasteiger partial charge in [0.2, 0.25) is 5.91 Å². The van der Waals surface area contributed by atoms with Gasteiger partial charge in [-0.15, -0.1) is 0 Å². The van der Waals surface area contributed by atoms with Crippen LogP contribution in [0.4, 0.5) is 0 Å². The van der Waals surface area contributed by atoms with Crippen molar-refractivity contribution in [3.8, 4) is 11.5 Å². The van der Waals surface area contributed by atoms with Crippen molar-refractivity contribution in [3.05, 3.63) is 23.9 Å². The summed E-state index contributed by atoms with van der Waals surface area (Å²) < 4.78 is 10.8. The molecule has 172 valence electrons. The molecule has 2 aromatic rings. The summed E-state index contributed by atoms with van der Waals surface area (Å²) in [7, 11) is 3.32. The molecule has 4 N–H and O–H groups in total. The highest BCUT2D eigenvalue weighted by atomic mass is 16.5. The number of benzene rings is 1. The van der Waals surface area contributed by atoms with Crippen molar-refractivity contribution in [1.29, 1.82) is 0 Å². The second-order valence-corrected chi connectivity index (χ2v) is 8.38. The lowest BCUT2D eigenvalue weighted by Gasteiger charge is -2.18. The predicted octanol–water partition coefficient (Wildman–Crippen LogP) is 2.84. The van der Waals surface area contributed by atoms with E-state index in [0.29, 0.717) is 19.6 Å². The first-order chi connectivity index (χ1) is 14.8. The molecular weight excluding hydrogens is 394 g/mol. The van der Waals surface area contributed by atoms with Gasteiger partial charge in [0, 0.05) is 54.8 Å². The maximum absolute atomic E-state index is 11.9. The first kappa shape index (κ1) is 24.4. The van der Waals surface area contributed by atoms with E-state index in [1.54, 1.807) is 14.2 Å². The van der Waals surface area contributed by atoms with Gasteiger partial charge < -0.3 is 30.4 Å². The van der Waals surface area contributed by atoms with Gasteiger partial charge in [-0.3, -0.25) is 9.79 Å². The molecule has 0 radical (unpaired) electrons. The molecule has 0 fully saturated rings. The number of hydrogen-bond donors (Lipinski definition) is 4. The van der Waals surface area contributed by atoms with E-state index in [0.717, 1.165) is 53.4 Å². The molecule has 0 aliphatic heterocycles. The number of nitrogens with one attached hydrogen (secondary N) is 4. The van der Waals surface area contributed by atoms with Gasteiger partial charge in [-0.2, -0.15) is 0 Å². The Kier molecular flexibility index (Phi) is 9.03. The molecular formula is C23H37N5O3. The summed E-state index contributed by atoms with van der Waals surface area (Å²) in [5.74, 6) is 2.37. The lowest BCUT2D eigenvalue weighted by Crippen LogP contribution is -2.43. The third-order valence-corrected chi connectivity index (χ3v) is 4.79. The van der Waals surface area contributed by atoms with Gasteiger partial charge in [-0.25, -0.2) is 0 Å². The number of H-pyrrole nitrogens is 1. The molecule has 0 unspecified atom stereocenters. The SMILES string of the molecule is CCNC(=NCCCc1cc2c(OC)cc(OC)cc2[nH]1)NCCNC(=O)C(C)(C)C. The number of aliphatic imine (C=N–C) groups is 1. The van der Waals surface area contributed by atoms with Gasteiger partial charge in [0.1, 0.15) is 11.5 Å². The van der Waals surface area contributed by atoms with Crippen LogP contribution in [0.15, 0.2) is 23.2 Å². The van der Waals surface area contributed by atoms with Crippen LogP contribution in [0.5, 0.6) is 11.5 Å².